The van der Waals surface area contributed by atoms with Crippen LogP contribution in [0.25, 0.3) is 0 Å². The van der Waals surface area contributed by atoms with Gasteiger partial charge < -0.3 is 22.1 Å². The molecule has 0 radical (unpaired) electrons. The molecule has 2 amide bonds. The number of aryl methyl sites for hydroxylation is 1. The number of pyridine rings is 1. The van der Waals surface area contributed by atoms with Crippen molar-refractivity contribution in [1.29, 1.82) is 0 Å². The SMILES string of the molecule is C[C@H](NC(=O)[C@H](N)CCc1ccccc1)C(=O)NCc1ccc(N)nc1. The highest BCUT2D eigenvalue weighted by atomic mass is 16.2. The van der Waals surface area contributed by atoms with Gasteiger partial charge in [-0.25, -0.2) is 4.98 Å². The van der Waals surface area contributed by atoms with Gasteiger partial charge in [-0.15, -0.1) is 0 Å². The smallest absolute Gasteiger partial charge is 0.242 e. The number of amides is 2. The third-order valence-corrected chi connectivity index (χ3v) is 3.99. The van der Waals surface area contributed by atoms with Gasteiger partial charge in [-0.05, 0) is 37.0 Å². The maximum absolute atomic E-state index is 12.2. The Labute approximate surface area is 153 Å². The largest absolute Gasteiger partial charge is 0.384 e. The molecule has 0 saturated carbocycles. The zero-order valence-corrected chi connectivity index (χ0v) is 14.8. The quantitative estimate of drug-likeness (QED) is 0.556. The first-order valence-electron chi connectivity index (χ1n) is 8.53. The molecule has 0 fully saturated rings. The zero-order chi connectivity index (χ0) is 18.9. The van der Waals surface area contributed by atoms with Crippen molar-refractivity contribution >= 4 is 17.6 Å². The Hall–Kier alpha value is -2.93. The third-order valence-electron chi connectivity index (χ3n) is 3.99. The predicted molar refractivity (Wildman–Crippen MR) is 101 cm³/mol. The molecule has 1 aromatic carbocycles. The van der Waals surface area contributed by atoms with E-state index < -0.39 is 12.1 Å². The fourth-order valence-corrected chi connectivity index (χ4v) is 2.37. The second kappa shape index (κ2) is 9.53. The van der Waals surface area contributed by atoms with Crippen LogP contribution in [0.2, 0.25) is 0 Å². The first kappa shape index (κ1) is 19.4. The summed E-state index contributed by atoms with van der Waals surface area (Å²) in [4.78, 5) is 28.2. The lowest BCUT2D eigenvalue weighted by molar-refractivity contribution is -0.129. The zero-order valence-electron chi connectivity index (χ0n) is 14.8. The molecule has 6 N–H and O–H groups in total. The van der Waals surface area contributed by atoms with Crippen LogP contribution in [-0.2, 0) is 22.6 Å². The summed E-state index contributed by atoms with van der Waals surface area (Å²) in [6.45, 7) is 1.94. The van der Waals surface area contributed by atoms with Gasteiger partial charge in [-0.2, -0.15) is 0 Å². The molecule has 7 heteroatoms. The topological polar surface area (TPSA) is 123 Å². The van der Waals surface area contributed by atoms with Gasteiger partial charge in [0.15, 0.2) is 0 Å². The van der Waals surface area contributed by atoms with Crippen LogP contribution in [0.3, 0.4) is 0 Å². The summed E-state index contributed by atoms with van der Waals surface area (Å²) in [5.41, 5.74) is 13.4. The number of hydrogen-bond donors (Lipinski definition) is 4. The van der Waals surface area contributed by atoms with Crippen molar-refractivity contribution in [3.63, 3.8) is 0 Å². The van der Waals surface area contributed by atoms with Crippen LogP contribution in [-0.4, -0.2) is 28.9 Å². The highest BCUT2D eigenvalue weighted by Crippen LogP contribution is 2.04. The van der Waals surface area contributed by atoms with Crippen molar-refractivity contribution in [2.24, 2.45) is 5.73 Å². The lowest BCUT2D eigenvalue weighted by Crippen LogP contribution is -2.50. The van der Waals surface area contributed by atoms with Gasteiger partial charge in [0.2, 0.25) is 11.8 Å². The van der Waals surface area contributed by atoms with Crippen LogP contribution in [0, 0.1) is 0 Å². The maximum atomic E-state index is 12.2. The summed E-state index contributed by atoms with van der Waals surface area (Å²) in [6, 6.07) is 11.9. The number of carbonyl (C=O) groups is 2. The monoisotopic (exact) mass is 355 g/mol. The fraction of sp³-hybridized carbons (Fsp3) is 0.316. The lowest BCUT2D eigenvalue weighted by atomic mass is 10.1. The summed E-state index contributed by atoms with van der Waals surface area (Å²) in [6.07, 6.45) is 2.82. The van der Waals surface area contributed by atoms with E-state index in [4.69, 9.17) is 11.5 Å². The first-order valence-corrected chi connectivity index (χ1v) is 8.53. The average Bonchev–Trinajstić information content (AvgIpc) is 2.66. The molecule has 0 aliphatic rings. The Morgan fingerprint density at radius 3 is 2.46 bits per heavy atom. The molecule has 0 unspecified atom stereocenters. The first-order chi connectivity index (χ1) is 12.5. The van der Waals surface area contributed by atoms with Gasteiger partial charge in [-0.3, -0.25) is 9.59 Å². The number of aromatic nitrogens is 1. The maximum Gasteiger partial charge on any atom is 0.242 e. The van der Waals surface area contributed by atoms with Crippen molar-refractivity contribution < 1.29 is 9.59 Å². The number of hydrogen-bond acceptors (Lipinski definition) is 5. The van der Waals surface area contributed by atoms with Gasteiger partial charge >= 0.3 is 0 Å². The molecule has 1 aromatic heterocycles. The molecule has 7 nitrogen and oxygen atoms in total. The number of nitrogens with one attached hydrogen (secondary N) is 2. The minimum absolute atomic E-state index is 0.287. The van der Waals surface area contributed by atoms with Crippen molar-refractivity contribution in [2.75, 3.05) is 5.73 Å². The van der Waals surface area contributed by atoms with Crippen LogP contribution >= 0.6 is 0 Å². The highest BCUT2D eigenvalue weighted by Gasteiger charge is 2.19. The molecule has 26 heavy (non-hydrogen) atoms. The number of nitrogen functional groups attached to an aromatic ring is 1. The molecule has 0 saturated heterocycles. The van der Waals surface area contributed by atoms with Gasteiger partial charge in [0.1, 0.15) is 11.9 Å². The van der Waals surface area contributed by atoms with Crippen molar-refractivity contribution in [1.82, 2.24) is 15.6 Å². The molecule has 2 aromatic rings. The molecule has 0 aliphatic carbocycles. The van der Waals surface area contributed by atoms with Gasteiger partial charge in [0, 0.05) is 12.7 Å². The van der Waals surface area contributed by atoms with Crippen LogP contribution in [0.15, 0.2) is 48.7 Å². The van der Waals surface area contributed by atoms with Crippen LogP contribution in [0.5, 0.6) is 0 Å². The molecule has 0 bridgehead atoms. The van der Waals surface area contributed by atoms with E-state index in [2.05, 4.69) is 15.6 Å². The van der Waals surface area contributed by atoms with E-state index in [0.717, 1.165) is 11.1 Å². The summed E-state index contributed by atoms with van der Waals surface area (Å²) in [5, 5.41) is 5.39. The van der Waals surface area contributed by atoms with Crippen LogP contribution in [0.4, 0.5) is 5.82 Å². The van der Waals surface area contributed by atoms with E-state index in [1.165, 1.54) is 0 Å². The summed E-state index contributed by atoms with van der Waals surface area (Å²) in [7, 11) is 0. The number of rotatable bonds is 8. The molecule has 2 rings (SSSR count). The number of nitrogens with two attached hydrogens (primary N) is 2. The molecular weight excluding hydrogens is 330 g/mol. The standard InChI is InChI=1S/C19H25N5O2/c1-13(18(25)23-12-15-8-10-17(21)22-11-15)24-19(26)16(20)9-7-14-5-3-2-4-6-14/h2-6,8,10-11,13,16H,7,9,12,20H2,1H3,(H2,21,22)(H,23,25)(H,24,26)/t13-,16+/m0/s1. The van der Waals surface area contributed by atoms with E-state index in [1.54, 1.807) is 25.3 Å². The molecule has 138 valence electrons. The van der Waals surface area contributed by atoms with Crippen LogP contribution < -0.4 is 22.1 Å². The van der Waals surface area contributed by atoms with Crippen molar-refractivity contribution in [3.8, 4) is 0 Å². The molecule has 0 aliphatic heterocycles. The Balaban J connectivity index is 1.74. The van der Waals surface area contributed by atoms with E-state index in [9.17, 15) is 9.59 Å². The minimum Gasteiger partial charge on any atom is -0.384 e. The Bertz CT molecular complexity index is 718. The third kappa shape index (κ3) is 6.18. The summed E-state index contributed by atoms with van der Waals surface area (Å²) in [5.74, 6) is -0.201. The molecule has 2 atom stereocenters. The van der Waals surface area contributed by atoms with Gasteiger partial charge in [0.05, 0.1) is 6.04 Å². The average molecular weight is 355 g/mol. The van der Waals surface area contributed by atoms with Crippen molar-refractivity contribution in [3.05, 3.63) is 59.8 Å². The summed E-state index contributed by atoms with van der Waals surface area (Å²) >= 11 is 0. The predicted octanol–water partition coefficient (Wildman–Crippen LogP) is 0.745. The van der Waals surface area contributed by atoms with Gasteiger partial charge in [0.25, 0.3) is 0 Å². The number of carbonyl (C=O) groups excluding carboxylic acids is 2. The fourth-order valence-electron chi connectivity index (χ4n) is 2.37. The Morgan fingerprint density at radius 2 is 1.81 bits per heavy atom. The van der Waals surface area contributed by atoms with E-state index in [1.807, 2.05) is 30.3 Å². The number of nitrogens with zero attached hydrogens (tertiary/aromatic N) is 1. The lowest BCUT2D eigenvalue weighted by Gasteiger charge is -2.17. The highest BCUT2D eigenvalue weighted by molar-refractivity contribution is 5.89. The van der Waals surface area contributed by atoms with Gasteiger partial charge in [-0.1, -0.05) is 36.4 Å². The van der Waals surface area contributed by atoms with Crippen molar-refractivity contribution in [2.45, 2.75) is 38.4 Å². The molecule has 0 spiro atoms. The van der Waals surface area contributed by atoms with Crippen LogP contribution in [0.1, 0.15) is 24.5 Å². The molecule has 1 heterocycles. The number of anilines is 1. The minimum atomic E-state index is -0.674. The Morgan fingerprint density at radius 1 is 1.08 bits per heavy atom. The van der Waals surface area contributed by atoms with E-state index in [-0.39, 0.29) is 11.8 Å². The van der Waals surface area contributed by atoms with E-state index >= 15 is 0 Å². The number of benzene rings is 1. The normalized spacial score (nSPS) is 12.8. The second-order valence-electron chi connectivity index (χ2n) is 6.17. The summed E-state index contributed by atoms with van der Waals surface area (Å²) < 4.78 is 0. The Kier molecular flexibility index (Phi) is 7.11. The van der Waals surface area contributed by atoms with E-state index in [0.29, 0.717) is 25.2 Å². The second-order valence-corrected chi connectivity index (χ2v) is 6.17. The molecular formula is C19H25N5O2.